The lowest BCUT2D eigenvalue weighted by molar-refractivity contribution is 0.0462. The van der Waals surface area contributed by atoms with E-state index in [2.05, 4.69) is 15.2 Å². The van der Waals surface area contributed by atoms with Crippen LogP contribution in [0.1, 0.15) is 6.92 Å². The third kappa shape index (κ3) is 3.88. The molecule has 0 radical (unpaired) electrons. The zero-order valence-corrected chi connectivity index (χ0v) is 14.8. The summed E-state index contributed by atoms with van der Waals surface area (Å²) in [5.74, 6) is 1.35. The molecule has 3 aromatic rings. The fourth-order valence-corrected chi connectivity index (χ4v) is 3.24. The van der Waals surface area contributed by atoms with Gasteiger partial charge in [-0.15, -0.1) is 0 Å². The van der Waals surface area contributed by atoms with Crippen molar-refractivity contribution < 1.29 is 14.3 Å². The molecule has 0 spiro atoms. The van der Waals surface area contributed by atoms with Gasteiger partial charge >= 0.3 is 0 Å². The van der Waals surface area contributed by atoms with Crippen LogP contribution in [-0.2, 0) is 0 Å². The van der Waals surface area contributed by atoms with Gasteiger partial charge in [0.25, 0.3) is 0 Å². The van der Waals surface area contributed by atoms with Crippen LogP contribution in [-0.4, -0.2) is 53.5 Å². The lowest BCUT2D eigenvalue weighted by atomic mass is 10.2. The molecular weight excluding hydrogens is 330 g/mol. The zero-order valence-electron chi connectivity index (χ0n) is 14.8. The topological polar surface area (TPSA) is 70.8 Å². The summed E-state index contributed by atoms with van der Waals surface area (Å²) in [6.07, 6.45) is -0.452. The van der Waals surface area contributed by atoms with E-state index in [1.807, 2.05) is 48.5 Å². The molecule has 0 aliphatic carbocycles. The number of piperazine rings is 1. The number of nitrogens with zero attached hydrogens (tertiary/aromatic N) is 2. The van der Waals surface area contributed by atoms with Crippen LogP contribution in [0.5, 0.6) is 5.75 Å². The second kappa shape index (κ2) is 7.45. The number of aromatic nitrogens is 1. The smallest absolute Gasteiger partial charge is 0.227 e. The Balaban J connectivity index is 1.49. The molecule has 26 heavy (non-hydrogen) atoms. The molecule has 4 rings (SSSR count). The van der Waals surface area contributed by atoms with Crippen LogP contribution in [0.2, 0.25) is 0 Å². The van der Waals surface area contributed by atoms with Gasteiger partial charge in [0.15, 0.2) is 11.8 Å². The Kier molecular flexibility index (Phi) is 4.88. The average molecular weight is 353 g/mol. The van der Waals surface area contributed by atoms with E-state index >= 15 is 0 Å². The molecule has 1 aliphatic rings. The maximum absolute atomic E-state index is 9.57. The number of hydrogen-bond acceptors (Lipinski definition) is 6. The minimum atomic E-state index is -0.337. The van der Waals surface area contributed by atoms with Crippen molar-refractivity contribution in [2.45, 2.75) is 19.3 Å². The van der Waals surface area contributed by atoms with Gasteiger partial charge in [-0.1, -0.05) is 18.2 Å². The van der Waals surface area contributed by atoms with E-state index in [1.165, 1.54) is 0 Å². The Bertz CT molecular complexity index is 863. The van der Waals surface area contributed by atoms with Gasteiger partial charge in [0.1, 0.15) is 11.3 Å². The molecule has 0 bridgehead atoms. The van der Waals surface area contributed by atoms with Crippen LogP contribution in [0, 0.1) is 0 Å². The van der Waals surface area contributed by atoms with Crippen LogP contribution in [0.25, 0.3) is 22.6 Å². The van der Waals surface area contributed by atoms with Crippen molar-refractivity contribution in [1.82, 2.24) is 15.2 Å². The van der Waals surface area contributed by atoms with Gasteiger partial charge < -0.3 is 14.3 Å². The molecule has 1 aromatic heterocycles. The van der Waals surface area contributed by atoms with Crippen LogP contribution in [0.3, 0.4) is 0 Å². The summed E-state index contributed by atoms with van der Waals surface area (Å²) in [5.41, 5.74) is 2.47. The lowest BCUT2D eigenvalue weighted by Crippen LogP contribution is -2.54. The molecule has 6 heteroatoms. The molecular formula is C20H23N3O3. The Morgan fingerprint density at radius 2 is 2.15 bits per heavy atom. The maximum Gasteiger partial charge on any atom is 0.227 e. The quantitative estimate of drug-likeness (QED) is 0.734. The predicted molar refractivity (Wildman–Crippen MR) is 100.0 cm³/mol. The van der Waals surface area contributed by atoms with E-state index in [0.717, 1.165) is 36.5 Å². The number of hydrogen-bond donors (Lipinski definition) is 2. The largest absolute Gasteiger partial charge is 0.474 e. The van der Waals surface area contributed by atoms with Crippen molar-refractivity contribution in [1.29, 1.82) is 0 Å². The first-order chi connectivity index (χ1) is 12.7. The third-order valence-electron chi connectivity index (χ3n) is 4.41. The van der Waals surface area contributed by atoms with Crippen LogP contribution < -0.4 is 10.1 Å². The highest BCUT2D eigenvalue weighted by Crippen LogP contribution is 2.27. The lowest BCUT2D eigenvalue weighted by Gasteiger charge is -2.34. The number of β-amino-alcohol motifs (C(OH)–C–C–N with tert-alkyl or cyclic N) is 1. The van der Waals surface area contributed by atoms with E-state index < -0.39 is 0 Å². The van der Waals surface area contributed by atoms with E-state index in [-0.39, 0.29) is 12.3 Å². The average Bonchev–Trinajstić information content (AvgIpc) is 3.06. The fourth-order valence-electron chi connectivity index (χ4n) is 3.24. The molecule has 0 saturated carbocycles. The Morgan fingerprint density at radius 1 is 1.31 bits per heavy atom. The van der Waals surface area contributed by atoms with Crippen molar-refractivity contribution in [3.63, 3.8) is 0 Å². The number of nitrogens with one attached hydrogen (secondary N) is 1. The highest BCUT2D eigenvalue weighted by atomic mass is 16.5. The standard InChI is InChI=1S/C20H23N3O3/c1-14(24)12-23-10-9-21-19(13-23)25-16-7-8-17-18(11-16)26-20(22-17)15-5-3-2-4-6-15/h2-8,11,14,19,21,24H,9-10,12-13H2,1H3. The Morgan fingerprint density at radius 3 is 2.96 bits per heavy atom. The van der Waals surface area contributed by atoms with E-state index in [4.69, 9.17) is 9.15 Å². The summed E-state index contributed by atoms with van der Waals surface area (Å²) in [5, 5.41) is 12.9. The van der Waals surface area contributed by atoms with Gasteiger partial charge in [-0.2, -0.15) is 0 Å². The number of oxazole rings is 1. The third-order valence-corrected chi connectivity index (χ3v) is 4.41. The molecule has 2 aromatic carbocycles. The first-order valence-corrected chi connectivity index (χ1v) is 8.94. The number of fused-ring (bicyclic) bond motifs is 1. The van der Waals surface area contributed by atoms with Gasteiger partial charge in [0.05, 0.1) is 6.10 Å². The summed E-state index contributed by atoms with van der Waals surface area (Å²) < 4.78 is 12.0. The Hall–Kier alpha value is -2.41. The fraction of sp³-hybridized carbons (Fsp3) is 0.350. The predicted octanol–water partition coefficient (Wildman–Crippen LogP) is 2.49. The molecule has 2 unspecified atom stereocenters. The highest BCUT2D eigenvalue weighted by Gasteiger charge is 2.21. The minimum absolute atomic E-state index is 0.114. The number of aliphatic hydroxyl groups excluding tert-OH is 1. The summed E-state index contributed by atoms with van der Waals surface area (Å²) in [7, 11) is 0. The minimum Gasteiger partial charge on any atom is -0.474 e. The van der Waals surface area contributed by atoms with Crippen molar-refractivity contribution in [3.8, 4) is 17.2 Å². The molecule has 2 atom stereocenters. The van der Waals surface area contributed by atoms with Crippen molar-refractivity contribution in [2.75, 3.05) is 26.2 Å². The highest BCUT2D eigenvalue weighted by molar-refractivity contribution is 5.77. The van der Waals surface area contributed by atoms with Gasteiger partial charge in [-0.25, -0.2) is 4.98 Å². The number of ether oxygens (including phenoxy) is 1. The molecule has 1 aliphatic heterocycles. The zero-order chi connectivity index (χ0) is 17.9. The van der Waals surface area contributed by atoms with Crippen LogP contribution >= 0.6 is 0 Å². The maximum atomic E-state index is 9.57. The molecule has 6 nitrogen and oxygen atoms in total. The molecule has 136 valence electrons. The first kappa shape index (κ1) is 17.0. The summed E-state index contributed by atoms with van der Waals surface area (Å²) in [4.78, 5) is 6.74. The van der Waals surface area contributed by atoms with Crippen molar-refractivity contribution in [3.05, 3.63) is 48.5 Å². The van der Waals surface area contributed by atoms with Gasteiger partial charge in [0.2, 0.25) is 5.89 Å². The van der Waals surface area contributed by atoms with Crippen molar-refractivity contribution >= 4 is 11.1 Å². The van der Waals surface area contributed by atoms with Crippen molar-refractivity contribution in [2.24, 2.45) is 0 Å². The van der Waals surface area contributed by atoms with Gasteiger partial charge in [-0.3, -0.25) is 10.2 Å². The van der Waals surface area contributed by atoms with E-state index in [1.54, 1.807) is 6.92 Å². The monoisotopic (exact) mass is 353 g/mol. The normalized spacial score (nSPS) is 19.5. The van der Waals surface area contributed by atoms with Crippen LogP contribution in [0.4, 0.5) is 0 Å². The first-order valence-electron chi connectivity index (χ1n) is 8.94. The second-order valence-corrected chi connectivity index (χ2v) is 6.68. The van der Waals surface area contributed by atoms with E-state index in [9.17, 15) is 5.11 Å². The van der Waals surface area contributed by atoms with Gasteiger partial charge in [0, 0.05) is 37.8 Å². The summed E-state index contributed by atoms with van der Waals surface area (Å²) in [6, 6.07) is 15.6. The number of rotatable bonds is 5. The molecule has 1 fully saturated rings. The number of benzene rings is 2. The number of aliphatic hydroxyl groups is 1. The molecule has 2 N–H and O–H groups in total. The Labute approximate surface area is 152 Å². The molecule has 0 amide bonds. The summed E-state index contributed by atoms with van der Waals surface area (Å²) >= 11 is 0. The molecule has 2 heterocycles. The van der Waals surface area contributed by atoms with Crippen LogP contribution in [0.15, 0.2) is 52.9 Å². The van der Waals surface area contributed by atoms with E-state index in [0.29, 0.717) is 18.0 Å². The van der Waals surface area contributed by atoms with Gasteiger partial charge in [-0.05, 0) is 31.2 Å². The second-order valence-electron chi connectivity index (χ2n) is 6.68. The SMILES string of the molecule is CC(O)CN1CCNC(Oc2ccc3nc(-c4ccccc4)oc3c2)C1. The molecule has 1 saturated heterocycles. The summed E-state index contributed by atoms with van der Waals surface area (Å²) in [6.45, 7) is 4.93.